The van der Waals surface area contributed by atoms with Crippen molar-refractivity contribution in [2.45, 2.75) is 25.8 Å². The van der Waals surface area contributed by atoms with E-state index in [4.69, 9.17) is 21.1 Å². The number of nitrogens with one attached hydrogen (secondary N) is 1. The summed E-state index contributed by atoms with van der Waals surface area (Å²) in [6.45, 7) is 2.75. The second-order valence-corrected chi connectivity index (χ2v) is 6.50. The first-order valence-corrected chi connectivity index (χ1v) is 8.64. The molecule has 1 aliphatic rings. The molecule has 1 atom stereocenters. The number of hydrogen-bond acceptors (Lipinski definition) is 3. The van der Waals surface area contributed by atoms with Gasteiger partial charge in [-0.05, 0) is 42.3 Å². The van der Waals surface area contributed by atoms with E-state index in [1.54, 1.807) is 19.1 Å². The van der Waals surface area contributed by atoms with E-state index in [-0.39, 0.29) is 12.3 Å². The van der Waals surface area contributed by atoms with Crippen molar-refractivity contribution in [1.82, 2.24) is 5.32 Å². The minimum Gasteiger partial charge on any atom is -0.489 e. The van der Waals surface area contributed by atoms with Crippen LogP contribution in [0.3, 0.4) is 0 Å². The fourth-order valence-corrected chi connectivity index (χ4v) is 3.02. The van der Waals surface area contributed by atoms with Gasteiger partial charge in [0.2, 0.25) is 5.91 Å². The van der Waals surface area contributed by atoms with Crippen LogP contribution in [0.4, 0.5) is 8.78 Å². The van der Waals surface area contributed by atoms with Crippen molar-refractivity contribution < 1.29 is 23.0 Å². The topological polar surface area (TPSA) is 47.6 Å². The van der Waals surface area contributed by atoms with Gasteiger partial charge in [-0.1, -0.05) is 17.7 Å². The Morgan fingerprint density at radius 1 is 1.19 bits per heavy atom. The van der Waals surface area contributed by atoms with Gasteiger partial charge in [0.1, 0.15) is 0 Å². The summed E-state index contributed by atoms with van der Waals surface area (Å²) in [5.74, 6) is -1.13. The lowest BCUT2D eigenvalue weighted by atomic mass is 10.1. The largest absolute Gasteiger partial charge is 0.489 e. The van der Waals surface area contributed by atoms with Gasteiger partial charge in [-0.15, -0.1) is 0 Å². The summed E-state index contributed by atoms with van der Waals surface area (Å²) in [5, 5.41) is 3.15. The maximum atomic E-state index is 13.3. The average molecular weight is 382 g/mol. The van der Waals surface area contributed by atoms with Gasteiger partial charge in [0, 0.05) is 6.42 Å². The summed E-state index contributed by atoms with van der Waals surface area (Å²) in [7, 11) is 0. The highest BCUT2D eigenvalue weighted by Crippen LogP contribution is 2.38. The summed E-state index contributed by atoms with van der Waals surface area (Å²) >= 11 is 6.22. The van der Waals surface area contributed by atoms with Crippen molar-refractivity contribution in [2.75, 3.05) is 13.2 Å². The number of benzene rings is 2. The quantitative estimate of drug-likeness (QED) is 0.863. The summed E-state index contributed by atoms with van der Waals surface area (Å²) in [5.41, 5.74) is 1.16. The maximum Gasteiger partial charge on any atom is 0.224 e. The molecular formula is C19H18ClF2NO3. The van der Waals surface area contributed by atoms with Crippen LogP contribution in [0.1, 0.15) is 30.5 Å². The lowest BCUT2D eigenvalue weighted by molar-refractivity contribution is -0.121. The number of fused-ring (bicyclic) bond motifs is 1. The van der Waals surface area contributed by atoms with E-state index >= 15 is 0 Å². The summed E-state index contributed by atoms with van der Waals surface area (Å²) in [6.07, 6.45) is 0.830. The molecule has 7 heteroatoms. The zero-order valence-electron chi connectivity index (χ0n) is 14.2. The first-order chi connectivity index (χ1) is 12.4. The van der Waals surface area contributed by atoms with Gasteiger partial charge < -0.3 is 14.8 Å². The molecule has 0 saturated carbocycles. The van der Waals surface area contributed by atoms with Crippen molar-refractivity contribution >= 4 is 17.5 Å². The molecule has 3 rings (SSSR count). The van der Waals surface area contributed by atoms with Crippen LogP contribution in [-0.4, -0.2) is 19.1 Å². The molecule has 26 heavy (non-hydrogen) atoms. The number of ether oxygens (including phenoxy) is 2. The highest BCUT2D eigenvalue weighted by Gasteiger charge is 2.18. The number of halogens is 3. The van der Waals surface area contributed by atoms with E-state index in [1.165, 1.54) is 6.07 Å². The van der Waals surface area contributed by atoms with Crippen molar-refractivity contribution in [3.63, 3.8) is 0 Å². The van der Waals surface area contributed by atoms with Gasteiger partial charge >= 0.3 is 0 Å². The number of hydrogen-bond donors (Lipinski definition) is 1. The maximum absolute atomic E-state index is 13.3. The van der Waals surface area contributed by atoms with Crippen LogP contribution < -0.4 is 14.8 Å². The average Bonchev–Trinajstić information content (AvgIpc) is 2.83. The van der Waals surface area contributed by atoms with E-state index in [0.717, 1.165) is 18.6 Å². The summed E-state index contributed by atoms with van der Waals surface area (Å²) in [4.78, 5) is 12.3. The number of rotatable bonds is 4. The van der Waals surface area contributed by atoms with Gasteiger partial charge in [-0.3, -0.25) is 4.79 Å². The van der Waals surface area contributed by atoms with Gasteiger partial charge in [-0.2, -0.15) is 0 Å². The fraction of sp³-hybridized carbons (Fsp3) is 0.316. The molecule has 0 spiro atoms. The molecule has 4 nitrogen and oxygen atoms in total. The molecule has 1 heterocycles. The second kappa shape index (κ2) is 7.91. The number of carbonyl (C=O) groups is 1. The Hall–Kier alpha value is -2.34. The van der Waals surface area contributed by atoms with Crippen LogP contribution in [0.25, 0.3) is 0 Å². The third-order valence-corrected chi connectivity index (χ3v) is 4.33. The lowest BCUT2D eigenvalue weighted by Crippen LogP contribution is -2.28. The molecule has 138 valence electrons. The first kappa shape index (κ1) is 18.5. The third-order valence-electron chi connectivity index (χ3n) is 4.05. The van der Waals surface area contributed by atoms with Gasteiger partial charge in [0.25, 0.3) is 0 Å². The molecule has 1 N–H and O–H groups in total. The number of carbonyl (C=O) groups excluding carboxylic acids is 1. The molecule has 0 saturated heterocycles. The minimum atomic E-state index is -0.946. The molecule has 0 fully saturated rings. The summed E-state index contributed by atoms with van der Waals surface area (Å²) < 4.78 is 37.5. The molecule has 1 amide bonds. The van der Waals surface area contributed by atoms with Crippen molar-refractivity contribution in [3.8, 4) is 11.5 Å². The van der Waals surface area contributed by atoms with Crippen molar-refractivity contribution in [2.24, 2.45) is 0 Å². The predicted octanol–water partition coefficient (Wildman–Crippen LogP) is 4.20. The van der Waals surface area contributed by atoms with E-state index in [9.17, 15) is 13.6 Å². The highest BCUT2D eigenvalue weighted by molar-refractivity contribution is 6.32. The molecule has 0 bridgehead atoms. The second-order valence-electron chi connectivity index (χ2n) is 6.09. The smallest absolute Gasteiger partial charge is 0.224 e. The first-order valence-electron chi connectivity index (χ1n) is 8.26. The van der Waals surface area contributed by atoms with E-state index in [0.29, 0.717) is 40.9 Å². The molecule has 2 aromatic rings. The Labute approximate surface area is 155 Å². The number of amides is 1. The predicted molar refractivity (Wildman–Crippen MR) is 93.7 cm³/mol. The van der Waals surface area contributed by atoms with E-state index in [2.05, 4.69) is 5.32 Å². The molecule has 0 aromatic heterocycles. The van der Waals surface area contributed by atoms with Gasteiger partial charge in [-0.25, -0.2) is 8.78 Å². The third kappa shape index (κ3) is 4.25. The Kier molecular flexibility index (Phi) is 5.61. The standard InChI is InChI=1S/C19H18ClF2NO3/c1-11(13-3-4-15(21)16(22)10-13)23-18(24)9-12-7-14(20)19-17(8-12)25-5-2-6-26-19/h3-4,7-8,10-11H,2,5-6,9H2,1H3,(H,23,24). The van der Waals surface area contributed by atoms with Crippen LogP contribution in [0.5, 0.6) is 11.5 Å². The van der Waals surface area contributed by atoms with Crippen LogP contribution in [0.2, 0.25) is 5.02 Å². The highest BCUT2D eigenvalue weighted by atomic mass is 35.5. The lowest BCUT2D eigenvalue weighted by Gasteiger charge is -2.15. The molecule has 0 aliphatic carbocycles. The van der Waals surface area contributed by atoms with Crippen molar-refractivity contribution in [1.29, 1.82) is 0 Å². The molecule has 0 radical (unpaired) electrons. The summed E-state index contributed by atoms with van der Waals surface area (Å²) in [6, 6.07) is 6.48. The van der Waals surface area contributed by atoms with Gasteiger partial charge in [0.05, 0.1) is 30.7 Å². The monoisotopic (exact) mass is 381 g/mol. The SMILES string of the molecule is CC(NC(=O)Cc1cc(Cl)c2c(c1)OCCCO2)c1ccc(F)c(F)c1. The van der Waals surface area contributed by atoms with Crippen LogP contribution in [0, 0.1) is 11.6 Å². The Bertz CT molecular complexity index is 829. The molecule has 1 unspecified atom stereocenters. The molecule has 2 aromatic carbocycles. The van der Waals surface area contributed by atoms with Gasteiger partial charge in [0.15, 0.2) is 23.1 Å². The van der Waals surface area contributed by atoms with Crippen molar-refractivity contribution in [3.05, 3.63) is 58.1 Å². The Morgan fingerprint density at radius 2 is 1.96 bits per heavy atom. The van der Waals surface area contributed by atoms with E-state index < -0.39 is 17.7 Å². The Balaban J connectivity index is 1.68. The Morgan fingerprint density at radius 3 is 2.73 bits per heavy atom. The minimum absolute atomic E-state index is 0.0738. The normalized spacial score (nSPS) is 14.5. The fourth-order valence-electron chi connectivity index (χ4n) is 2.73. The van der Waals surface area contributed by atoms with E-state index in [1.807, 2.05) is 0 Å². The van der Waals surface area contributed by atoms with Crippen LogP contribution in [-0.2, 0) is 11.2 Å². The zero-order valence-corrected chi connectivity index (χ0v) is 14.9. The zero-order chi connectivity index (χ0) is 18.7. The van der Waals surface area contributed by atoms with Crippen LogP contribution in [0.15, 0.2) is 30.3 Å². The van der Waals surface area contributed by atoms with Crippen LogP contribution >= 0.6 is 11.6 Å². The molecular weight excluding hydrogens is 364 g/mol. The molecule has 1 aliphatic heterocycles.